The van der Waals surface area contributed by atoms with Crippen LogP contribution in [0.5, 0.6) is 0 Å². The zero-order valence-electron chi connectivity index (χ0n) is 12.0. The lowest BCUT2D eigenvalue weighted by Gasteiger charge is -2.33. The number of rotatable bonds is 6. The Balaban J connectivity index is 2.59. The van der Waals surface area contributed by atoms with Gasteiger partial charge in [0.25, 0.3) is 0 Å². The van der Waals surface area contributed by atoms with E-state index in [4.69, 9.17) is 5.11 Å². The van der Waals surface area contributed by atoms with E-state index in [1.807, 2.05) is 13.8 Å². The van der Waals surface area contributed by atoms with Gasteiger partial charge in [0.05, 0.1) is 11.5 Å². The van der Waals surface area contributed by atoms with Crippen molar-refractivity contribution in [3.05, 3.63) is 0 Å². The van der Waals surface area contributed by atoms with Gasteiger partial charge < -0.3 is 10.0 Å². The predicted molar refractivity (Wildman–Crippen MR) is 75.1 cm³/mol. The first kappa shape index (κ1) is 16.9. The van der Waals surface area contributed by atoms with Crippen molar-refractivity contribution in [3.63, 3.8) is 0 Å². The van der Waals surface area contributed by atoms with Crippen molar-refractivity contribution in [2.24, 2.45) is 5.92 Å². The van der Waals surface area contributed by atoms with Crippen LogP contribution in [0.15, 0.2) is 0 Å². The van der Waals surface area contributed by atoms with E-state index in [0.29, 0.717) is 13.0 Å². The Labute approximate surface area is 120 Å². The van der Waals surface area contributed by atoms with E-state index in [2.05, 4.69) is 0 Å². The Hall–Kier alpha value is -1.11. The molecule has 0 aromatic rings. The fraction of sp³-hybridized carbons (Fsp3) is 0.846. The van der Waals surface area contributed by atoms with Crippen LogP contribution in [0.1, 0.15) is 39.5 Å². The molecular weight excluding hydrogens is 282 g/mol. The fourth-order valence-electron chi connectivity index (χ4n) is 2.46. The van der Waals surface area contributed by atoms with E-state index >= 15 is 0 Å². The summed E-state index contributed by atoms with van der Waals surface area (Å²) in [7, 11) is -3.25. The maximum absolute atomic E-state index is 12.0. The number of piperidine rings is 1. The van der Waals surface area contributed by atoms with Crippen LogP contribution < -0.4 is 0 Å². The molecule has 7 heteroatoms. The molecule has 1 amide bonds. The summed E-state index contributed by atoms with van der Waals surface area (Å²) in [6.45, 7) is 4.02. The van der Waals surface area contributed by atoms with Gasteiger partial charge in [0.1, 0.15) is 6.04 Å². The van der Waals surface area contributed by atoms with E-state index in [9.17, 15) is 18.0 Å². The number of nitrogens with zero attached hydrogens (tertiary/aromatic N) is 1. The van der Waals surface area contributed by atoms with Crippen LogP contribution in [-0.2, 0) is 19.4 Å². The molecule has 0 aromatic carbocycles. The van der Waals surface area contributed by atoms with Gasteiger partial charge in [-0.1, -0.05) is 13.8 Å². The van der Waals surface area contributed by atoms with Crippen LogP contribution in [0, 0.1) is 5.92 Å². The van der Waals surface area contributed by atoms with Crippen molar-refractivity contribution in [2.45, 2.75) is 45.6 Å². The maximum Gasteiger partial charge on any atom is 0.326 e. The molecule has 6 nitrogen and oxygen atoms in total. The molecule has 20 heavy (non-hydrogen) atoms. The Kier molecular flexibility index (Phi) is 5.98. The summed E-state index contributed by atoms with van der Waals surface area (Å²) in [5.74, 6) is -1.50. The minimum atomic E-state index is -3.25. The van der Waals surface area contributed by atoms with E-state index in [0.717, 1.165) is 12.8 Å². The molecule has 0 aromatic heterocycles. The molecule has 0 radical (unpaired) electrons. The number of carbonyl (C=O) groups is 2. The Morgan fingerprint density at radius 1 is 1.30 bits per heavy atom. The second-order valence-electron chi connectivity index (χ2n) is 5.70. The summed E-state index contributed by atoms with van der Waals surface area (Å²) in [4.78, 5) is 24.5. The van der Waals surface area contributed by atoms with Crippen LogP contribution in [0.3, 0.4) is 0 Å². The van der Waals surface area contributed by atoms with Crippen molar-refractivity contribution < 1.29 is 23.1 Å². The predicted octanol–water partition coefficient (Wildman–Crippen LogP) is 0.913. The molecule has 1 unspecified atom stereocenters. The van der Waals surface area contributed by atoms with Gasteiger partial charge in [0, 0.05) is 13.0 Å². The van der Waals surface area contributed by atoms with Gasteiger partial charge in [-0.15, -0.1) is 0 Å². The number of hydrogen-bond donors (Lipinski definition) is 1. The number of carboxylic acids is 1. The molecule has 1 aliphatic heterocycles. The van der Waals surface area contributed by atoms with E-state index in [1.54, 1.807) is 0 Å². The van der Waals surface area contributed by atoms with E-state index in [1.165, 1.54) is 4.90 Å². The summed E-state index contributed by atoms with van der Waals surface area (Å²) in [6, 6.07) is -0.802. The summed E-state index contributed by atoms with van der Waals surface area (Å²) >= 11 is 0. The monoisotopic (exact) mass is 305 g/mol. The number of carbonyl (C=O) groups excluding carboxylic acids is 1. The molecule has 1 rings (SSSR count). The average molecular weight is 305 g/mol. The van der Waals surface area contributed by atoms with E-state index in [-0.39, 0.29) is 29.8 Å². The van der Waals surface area contributed by atoms with Crippen LogP contribution in [0.2, 0.25) is 0 Å². The standard InChI is InChI=1S/C13H23NO5S/c1-10(2)9-20(18,19)8-6-12(15)14-7-4-3-5-11(14)13(16)17/h10-11H,3-9H2,1-2H3,(H,16,17). The molecule has 1 aliphatic rings. The lowest BCUT2D eigenvalue weighted by Crippen LogP contribution is -2.48. The minimum absolute atomic E-state index is 0.0249. The van der Waals surface area contributed by atoms with Crippen molar-refractivity contribution >= 4 is 21.7 Å². The highest BCUT2D eigenvalue weighted by Crippen LogP contribution is 2.18. The molecule has 1 fully saturated rings. The van der Waals surface area contributed by atoms with Gasteiger partial charge in [0.2, 0.25) is 5.91 Å². The van der Waals surface area contributed by atoms with E-state index < -0.39 is 21.8 Å². The zero-order chi connectivity index (χ0) is 15.3. The molecule has 0 spiro atoms. The van der Waals surface area contributed by atoms with Crippen molar-refractivity contribution in [3.8, 4) is 0 Å². The molecule has 1 saturated heterocycles. The third-order valence-corrected chi connectivity index (χ3v) is 5.32. The van der Waals surface area contributed by atoms with Crippen LogP contribution in [0.4, 0.5) is 0 Å². The Bertz CT molecular complexity index is 457. The van der Waals surface area contributed by atoms with Crippen molar-refractivity contribution in [1.82, 2.24) is 4.90 Å². The van der Waals surface area contributed by atoms with Crippen molar-refractivity contribution in [2.75, 3.05) is 18.1 Å². The van der Waals surface area contributed by atoms with Gasteiger partial charge in [-0.2, -0.15) is 0 Å². The fourth-order valence-corrected chi connectivity index (χ4v) is 4.13. The summed E-state index contributed by atoms with van der Waals surface area (Å²) < 4.78 is 23.5. The van der Waals surface area contributed by atoms with Crippen LogP contribution in [-0.4, -0.2) is 54.4 Å². The highest BCUT2D eigenvalue weighted by Gasteiger charge is 2.32. The number of carboxylic acid groups (broad SMARTS) is 1. The van der Waals surface area contributed by atoms with Gasteiger partial charge in [-0.05, 0) is 25.2 Å². The molecule has 1 heterocycles. The molecular formula is C13H23NO5S. The molecule has 0 bridgehead atoms. The normalized spacial score (nSPS) is 20.1. The quantitative estimate of drug-likeness (QED) is 0.787. The number of amides is 1. The molecule has 1 N–H and O–H groups in total. The topological polar surface area (TPSA) is 91.8 Å². The first-order chi connectivity index (χ1) is 9.23. The zero-order valence-corrected chi connectivity index (χ0v) is 12.9. The SMILES string of the molecule is CC(C)CS(=O)(=O)CCC(=O)N1CCCCC1C(=O)O. The Morgan fingerprint density at radius 3 is 2.50 bits per heavy atom. The molecule has 116 valence electrons. The second kappa shape index (κ2) is 7.06. The number of sulfone groups is 1. The summed E-state index contributed by atoms with van der Waals surface area (Å²) in [5, 5.41) is 9.09. The lowest BCUT2D eigenvalue weighted by molar-refractivity contribution is -0.151. The summed E-state index contributed by atoms with van der Waals surface area (Å²) in [6.07, 6.45) is 1.87. The second-order valence-corrected chi connectivity index (χ2v) is 7.92. The van der Waals surface area contributed by atoms with Gasteiger partial charge >= 0.3 is 5.97 Å². The highest BCUT2D eigenvalue weighted by atomic mass is 32.2. The van der Waals surface area contributed by atoms with Gasteiger partial charge in [-0.3, -0.25) is 4.79 Å². The highest BCUT2D eigenvalue weighted by molar-refractivity contribution is 7.91. The molecule has 0 saturated carbocycles. The largest absolute Gasteiger partial charge is 0.480 e. The molecule has 1 atom stereocenters. The minimum Gasteiger partial charge on any atom is -0.480 e. The van der Waals surface area contributed by atoms with Gasteiger partial charge in [-0.25, -0.2) is 13.2 Å². The first-order valence-corrected chi connectivity index (χ1v) is 8.78. The van der Waals surface area contributed by atoms with Crippen LogP contribution >= 0.6 is 0 Å². The third-order valence-electron chi connectivity index (χ3n) is 3.32. The van der Waals surface area contributed by atoms with Gasteiger partial charge in [0.15, 0.2) is 9.84 Å². The van der Waals surface area contributed by atoms with Crippen LogP contribution in [0.25, 0.3) is 0 Å². The number of aliphatic carboxylic acids is 1. The summed E-state index contributed by atoms with van der Waals surface area (Å²) in [5.41, 5.74) is 0. The number of likely N-dealkylation sites (tertiary alicyclic amines) is 1. The third kappa shape index (κ3) is 5.11. The average Bonchev–Trinajstić information content (AvgIpc) is 2.34. The first-order valence-electron chi connectivity index (χ1n) is 6.95. The number of hydrogen-bond acceptors (Lipinski definition) is 4. The smallest absolute Gasteiger partial charge is 0.326 e. The lowest BCUT2D eigenvalue weighted by atomic mass is 10.0. The maximum atomic E-state index is 12.0. The Morgan fingerprint density at radius 2 is 1.95 bits per heavy atom. The molecule has 0 aliphatic carbocycles. The van der Waals surface area contributed by atoms with Crippen molar-refractivity contribution in [1.29, 1.82) is 0 Å².